The van der Waals surface area contributed by atoms with Gasteiger partial charge in [0, 0.05) is 12.1 Å². The van der Waals surface area contributed by atoms with Gasteiger partial charge in [-0.05, 0) is 24.1 Å². The van der Waals surface area contributed by atoms with Gasteiger partial charge in [0.25, 0.3) is 0 Å². The zero-order valence-corrected chi connectivity index (χ0v) is 10.1. The lowest BCUT2D eigenvalue weighted by Gasteiger charge is -2.04. The maximum Gasteiger partial charge on any atom is 0.406 e. The third-order valence-corrected chi connectivity index (χ3v) is 2.47. The van der Waals surface area contributed by atoms with Crippen molar-refractivity contribution in [3.8, 4) is 11.5 Å². The Balaban J connectivity index is 1.98. The predicted molar refractivity (Wildman–Crippen MR) is 66.1 cm³/mol. The molecule has 1 heterocycles. The summed E-state index contributed by atoms with van der Waals surface area (Å²) in [6.45, 7) is 0.529. The standard InChI is InChI=1S/C13H14N2O3/c1-17-13(16)15-6-5-10-3-2-4-11(9-10)12-14-7-8-18-12/h2-4,7-9H,5-6H2,1H3,(H,15,16). The summed E-state index contributed by atoms with van der Waals surface area (Å²) in [4.78, 5) is 15.0. The Morgan fingerprint density at radius 2 is 2.39 bits per heavy atom. The molecule has 0 aliphatic carbocycles. The van der Waals surface area contributed by atoms with Gasteiger partial charge in [-0.2, -0.15) is 0 Å². The molecular weight excluding hydrogens is 232 g/mol. The van der Waals surface area contributed by atoms with E-state index in [1.165, 1.54) is 7.11 Å². The van der Waals surface area contributed by atoms with Crippen LogP contribution >= 0.6 is 0 Å². The Bertz CT molecular complexity index is 509. The number of hydrogen-bond donors (Lipinski definition) is 1. The molecule has 1 N–H and O–H groups in total. The van der Waals surface area contributed by atoms with Gasteiger partial charge in [0.05, 0.1) is 13.3 Å². The first kappa shape index (κ1) is 12.2. The molecule has 1 aromatic carbocycles. The topological polar surface area (TPSA) is 64.4 Å². The van der Waals surface area contributed by atoms with Gasteiger partial charge in [-0.15, -0.1) is 0 Å². The van der Waals surface area contributed by atoms with Crippen molar-refractivity contribution in [2.45, 2.75) is 6.42 Å². The van der Waals surface area contributed by atoms with Gasteiger partial charge < -0.3 is 14.5 Å². The fraction of sp³-hybridized carbons (Fsp3) is 0.231. The number of methoxy groups -OCH3 is 1. The van der Waals surface area contributed by atoms with E-state index in [1.807, 2.05) is 24.3 Å². The van der Waals surface area contributed by atoms with Crippen molar-refractivity contribution in [1.29, 1.82) is 0 Å². The Kier molecular flexibility index (Phi) is 3.96. The fourth-order valence-electron chi connectivity index (χ4n) is 1.61. The van der Waals surface area contributed by atoms with Crippen LogP contribution in [0.3, 0.4) is 0 Å². The number of carbonyl (C=O) groups excluding carboxylic acids is 1. The van der Waals surface area contributed by atoms with Crippen molar-refractivity contribution in [3.63, 3.8) is 0 Å². The zero-order valence-electron chi connectivity index (χ0n) is 10.1. The average Bonchev–Trinajstić information content (AvgIpc) is 2.93. The number of carbonyl (C=O) groups is 1. The van der Waals surface area contributed by atoms with Crippen LogP contribution in [0.5, 0.6) is 0 Å². The first-order chi connectivity index (χ1) is 8.79. The number of alkyl carbamates (subject to hydrolysis) is 1. The Labute approximate surface area is 105 Å². The number of rotatable bonds is 4. The summed E-state index contributed by atoms with van der Waals surface area (Å²) < 4.78 is 9.73. The molecule has 1 aromatic heterocycles. The second-order valence-electron chi connectivity index (χ2n) is 3.71. The second-order valence-corrected chi connectivity index (χ2v) is 3.71. The predicted octanol–water partition coefficient (Wildman–Crippen LogP) is 2.24. The van der Waals surface area contributed by atoms with E-state index in [2.05, 4.69) is 15.0 Å². The summed E-state index contributed by atoms with van der Waals surface area (Å²) >= 11 is 0. The highest BCUT2D eigenvalue weighted by molar-refractivity contribution is 5.66. The lowest BCUT2D eigenvalue weighted by atomic mass is 10.1. The largest absolute Gasteiger partial charge is 0.453 e. The molecule has 0 aliphatic rings. The summed E-state index contributed by atoms with van der Waals surface area (Å²) in [6.07, 6.45) is 3.46. The first-order valence-corrected chi connectivity index (χ1v) is 5.60. The van der Waals surface area contributed by atoms with E-state index >= 15 is 0 Å². The van der Waals surface area contributed by atoms with Crippen molar-refractivity contribution in [2.24, 2.45) is 0 Å². The minimum absolute atomic E-state index is 0.418. The maximum atomic E-state index is 10.9. The Hall–Kier alpha value is -2.30. The third-order valence-electron chi connectivity index (χ3n) is 2.47. The number of ether oxygens (including phenoxy) is 1. The number of amides is 1. The van der Waals surface area contributed by atoms with Gasteiger partial charge in [0.2, 0.25) is 5.89 Å². The van der Waals surface area contributed by atoms with E-state index in [0.717, 1.165) is 17.5 Å². The second kappa shape index (κ2) is 5.86. The van der Waals surface area contributed by atoms with E-state index in [0.29, 0.717) is 12.4 Å². The van der Waals surface area contributed by atoms with Crippen molar-refractivity contribution in [1.82, 2.24) is 10.3 Å². The monoisotopic (exact) mass is 246 g/mol. The fourth-order valence-corrected chi connectivity index (χ4v) is 1.61. The number of aromatic nitrogens is 1. The van der Waals surface area contributed by atoms with Gasteiger partial charge in [-0.3, -0.25) is 0 Å². The quantitative estimate of drug-likeness (QED) is 0.898. The molecule has 18 heavy (non-hydrogen) atoms. The van der Waals surface area contributed by atoms with Crippen LogP contribution in [0, 0.1) is 0 Å². The molecule has 2 aromatic rings. The highest BCUT2D eigenvalue weighted by Gasteiger charge is 2.03. The van der Waals surface area contributed by atoms with Gasteiger partial charge in [-0.1, -0.05) is 12.1 Å². The van der Waals surface area contributed by atoms with Crippen LogP contribution < -0.4 is 5.32 Å². The normalized spacial score (nSPS) is 10.1. The molecule has 0 saturated heterocycles. The van der Waals surface area contributed by atoms with E-state index in [-0.39, 0.29) is 0 Å². The summed E-state index contributed by atoms with van der Waals surface area (Å²) in [5.41, 5.74) is 2.03. The molecule has 94 valence electrons. The minimum atomic E-state index is -0.418. The zero-order chi connectivity index (χ0) is 12.8. The molecule has 0 saturated carbocycles. The van der Waals surface area contributed by atoms with E-state index in [9.17, 15) is 4.79 Å². The first-order valence-electron chi connectivity index (χ1n) is 5.60. The average molecular weight is 246 g/mol. The number of nitrogens with zero attached hydrogens (tertiary/aromatic N) is 1. The van der Waals surface area contributed by atoms with Crippen LogP contribution in [0.1, 0.15) is 5.56 Å². The molecule has 0 atom stereocenters. The van der Waals surface area contributed by atoms with Crippen LogP contribution in [-0.4, -0.2) is 24.7 Å². The van der Waals surface area contributed by atoms with Crippen molar-refractivity contribution >= 4 is 6.09 Å². The highest BCUT2D eigenvalue weighted by Crippen LogP contribution is 2.18. The van der Waals surface area contributed by atoms with Crippen molar-refractivity contribution in [3.05, 3.63) is 42.3 Å². The summed E-state index contributed by atoms with van der Waals surface area (Å²) in [6, 6.07) is 7.85. The van der Waals surface area contributed by atoms with E-state index in [4.69, 9.17) is 4.42 Å². The van der Waals surface area contributed by atoms with Gasteiger partial charge in [0.1, 0.15) is 6.26 Å². The van der Waals surface area contributed by atoms with E-state index < -0.39 is 6.09 Å². The lowest BCUT2D eigenvalue weighted by Crippen LogP contribution is -2.25. The van der Waals surface area contributed by atoms with Gasteiger partial charge in [0.15, 0.2) is 0 Å². The highest BCUT2D eigenvalue weighted by atomic mass is 16.5. The lowest BCUT2D eigenvalue weighted by molar-refractivity contribution is 0.171. The van der Waals surface area contributed by atoms with Crippen LogP contribution in [0.25, 0.3) is 11.5 Å². The third kappa shape index (κ3) is 3.10. The van der Waals surface area contributed by atoms with Gasteiger partial charge in [-0.25, -0.2) is 9.78 Å². The molecule has 0 radical (unpaired) electrons. The molecule has 2 rings (SSSR count). The Morgan fingerprint density at radius 3 is 3.11 bits per heavy atom. The number of nitrogens with one attached hydrogen (secondary N) is 1. The van der Waals surface area contributed by atoms with Crippen LogP contribution in [0.15, 0.2) is 41.1 Å². The van der Waals surface area contributed by atoms with Crippen molar-refractivity contribution < 1.29 is 13.9 Å². The summed E-state index contributed by atoms with van der Waals surface area (Å²) in [5, 5.41) is 2.63. The van der Waals surface area contributed by atoms with Crippen molar-refractivity contribution in [2.75, 3.05) is 13.7 Å². The molecule has 5 nitrogen and oxygen atoms in total. The van der Waals surface area contributed by atoms with E-state index in [1.54, 1.807) is 12.5 Å². The molecule has 1 amide bonds. The molecule has 0 bridgehead atoms. The molecule has 5 heteroatoms. The van der Waals surface area contributed by atoms with Gasteiger partial charge >= 0.3 is 6.09 Å². The molecule has 0 spiro atoms. The number of hydrogen-bond acceptors (Lipinski definition) is 4. The molecule has 0 fully saturated rings. The smallest absolute Gasteiger partial charge is 0.406 e. The van der Waals surface area contributed by atoms with Crippen LogP contribution in [0.4, 0.5) is 4.79 Å². The molecule has 0 unspecified atom stereocenters. The number of oxazole rings is 1. The molecular formula is C13H14N2O3. The Morgan fingerprint density at radius 1 is 1.50 bits per heavy atom. The summed E-state index contributed by atoms with van der Waals surface area (Å²) in [7, 11) is 1.35. The SMILES string of the molecule is COC(=O)NCCc1cccc(-c2ncco2)c1. The van der Waals surface area contributed by atoms with Crippen LogP contribution in [-0.2, 0) is 11.2 Å². The maximum absolute atomic E-state index is 10.9. The van der Waals surface area contributed by atoms with Crippen LogP contribution in [0.2, 0.25) is 0 Å². The minimum Gasteiger partial charge on any atom is -0.453 e. The summed E-state index contributed by atoms with van der Waals surface area (Å²) in [5.74, 6) is 0.595. The number of benzene rings is 1. The molecule has 0 aliphatic heterocycles.